The van der Waals surface area contributed by atoms with Gasteiger partial charge in [0.1, 0.15) is 5.82 Å². The van der Waals surface area contributed by atoms with E-state index in [9.17, 15) is 9.18 Å². The summed E-state index contributed by atoms with van der Waals surface area (Å²) >= 11 is 17.6. The van der Waals surface area contributed by atoms with Gasteiger partial charge in [0.25, 0.3) is 5.91 Å². The van der Waals surface area contributed by atoms with Crippen molar-refractivity contribution < 1.29 is 9.18 Å². The molecule has 0 aliphatic heterocycles. The maximum Gasteiger partial charge on any atom is 0.256 e. The van der Waals surface area contributed by atoms with E-state index < -0.39 is 11.7 Å². The molecule has 2 aromatic rings. The molecule has 0 aromatic heterocycles. The molecule has 6 heteroatoms. The van der Waals surface area contributed by atoms with E-state index in [1.807, 2.05) is 0 Å². The third-order valence-corrected chi connectivity index (χ3v) is 3.52. The number of rotatable bonds is 3. The molecule has 0 N–H and O–H groups in total. The zero-order valence-corrected chi connectivity index (χ0v) is 13.3. The molecule has 0 unspecified atom stereocenters. The molecule has 0 bridgehead atoms. The SMILES string of the molecule is CN(Cc1cc(Cl)cc(Cl)c1)C(=O)c1cc(Cl)ccc1F. The highest BCUT2D eigenvalue weighted by molar-refractivity contribution is 6.34. The zero-order valence-electron chi connectivity index (χ0n) is 11.0. The lowest BCUT2D eigenvalue weighted by molar-refractivity contribution is 0.0780. The highest BCUT2D eigenvalue weighted by Crippen LogP contribution is 2.21. The molecule has 0 saturated heterocycles. The first-order valence-corrected chi connectivity index (χ1v) is 7.15. The van der Waals surface area contributed by atoms with Crippen LogP contribution >= 0.6 is 34.8 Å². The van der Waals surface area contributed by atoms with Crippen molar-refractivity contribution in [1.82, 2.24) is 4.90 Å². The number of carbonyl (C=O) groups excluding carboxylic acids is 1. The Labute approximate surface area is 137 Å². The summed E-state index contributed by atoms with van der Waals surface area (Å²) in [4.78, 5) is 13.6. The first-order chi connectivity index (χ1) is 9.86. The van der Waals surface area contributed by atoms with E-state index in [0.29, 0.717) is 15.1 Å². The number of carbonyl (C=O) groups is 1. The molecule has 2 nitrogen and oxygen atoms in total. The van der Waals surface area contributed by atoms with Crippen molar-refractivity contribution in [3.8, 4) is 0 Å². The molecular formula is C15H11Cl3FNO. The lowest BCUT2D eigenvalue weighted by atomic mass is 10.1. The molecule has 0 saturated carbocycles. The molecule has 0 radical (unpaired) electrons. The molecule has 0 fully saturated rings. The molecule has 0 aliphatic rings. The predicted molar refractivity (Wildman–Crippen MR) is 83.7 cm³/mol. The minimum Gasteiger partial charge on any atom is -0.337 e. The third kappa shape index (κ3) is 4.10. The summed E-state index contributed by atoms with van der Waals surface area (Å²) in [5.41, 5.74) is 0.684. The first-order valence-electron chi connectivity index (χ1n) is 6.02. The topological polar surface area (TPSA) is 20.3 Å². The Balaban J connectivity index is 2.21. The summed E-state index contributed by atoms with van der Waals surface area (Å²) in [6.45, 7) is 0.255. The average Bonchev–Trinajstić information content (AvgIpc) is 2.39. The Bertz CT molecular complexity index is 670. The minimum atomic E-state index is -0.611. The minimum absolute atomic E-state index is 0.0712. The van der Waals surface area contributed by atoms with Gasteiger partial charge < -0.3 is 4.90 Å². The van der Waals surface area contributed by atoms with Gasteiger partial charge in [-0.25, -0.2) is 4.39 Å². The van der Waals surface area contributed by atoms with Crippen LogP contribution in [0.3, 0.4) is 0 Å². The van der Waals surface area contributed by atoms with Crippen molar-refractivity contribution in [3.05, 3.63) is 68.4 Å². The second-order valence-corrected chi connectivity index (χ2v) is 5.87. The first kappa shape index (κ1) is 16.1. The van der Waals surface area contributed by atoms with Gasteiger partial charge in [0.05, 0.1) is 5.56 Å². The fraction of sp³-hybridized carbons (Fsp3) is 0.133. The van der Waals surface area contributed by atoms with Crippen LogP contribution in [0.4, 0.5) is 4.39 Å². The fourth-order valence-electron chi connectivity index (χ4n) is 1.91. The normalized spacial score (nSPS) is 10.5. The van der Waals surface area contributed by atoms with Crippen molar-refractivity contribution in [1.29, 1.82) is 0 Å². The highest BCUT2D eigenvalue weighted by atomic mass is 35.5. The number of halogens is 4. The van der Waals surface area contributed by atoms with Crippen LogP contribution in [0.1, 0.15) is 15.9 Å². The van der Waals surface area contributed by atoms with Gasteiger partial charge in [-0.15, -0.1) is 0 Å². The van der Waals surface area contributed by atoms with Gasteiger partial charge in [-0.05, 0) is 42.0 Å². The average molecular weight is 347 g/mol. The number of benzene rings is 2. The Kier molecular flexibility index (Phi) is 5.09. The second-order valence-electron chi connectivity index (χ2n) is 4.56. The summed E-state index contributed by atoms with van der Waals surface area (Å²) in [5.74, 6) is -1.08. The Hall–Kier alpha value is -1.29. The summed E-state index contributed by atoms with van der Waals surface area (Å²) in [6, 6.07) is 8.87. The van der Waals surface area contributed by atoms with E-state index in [2.05, 4.69) is 0 Å². The zero-order chi connectivity index (χ0) is 15.6. The summed E-state index contributed by atoms with van der Waals surface area (Å²) in [6.07, 6.45) is 0. The van der Waals surface area contributed by atoms with Gasteiger partial charge in [0.2, 0.25) is 0 Å². The van der Waals surface area contributed by atoms with Crippen LogP contribution < -0.4 is 0 Å². The van der Waals surface area contributed by atoms with Gasteiger partial charge in [0.15, 0.2) is 0 Å². The molecule has 2 aromatic carbocycles. The van der Waals surface area contributed by atoms with Gasteiger partial charge in [0, 0.05) is 28.7 Å². The van der Waals surface area contributed by atoms with E-state index >= 15 is 0 Å². The van der Waals surface area contributed by atoms with Crippen LogP contribution in [0.5, 0.6) is 0 Å². The molecular weight excluding hydrogens is 336 g/mol. The summed E-state index contributed by atoms with van der Waals surface area (Å²) < 4.78 is 13.7. The monoisotopic (exact) mass is 345 g/mol. The van der Waals surface area contributed by atoms with Crippen LogP contribution in [0.25, 0.3) is 0 Å². The maximum atomic E-state index is 13.7. The molecule has 1 amide bonds. The van der Waals surface area contributed by atoms with E-state index in [-0.39, 0.29) is 12.1 Å². The highest BCUT2D eigenvalue weighted by Gasteiger charge is 2.17. The lowest BCUT2D eigenvalue weighted by Crippen LogP contribution is -2.27. The lowest BCUT2D eigenvalue weighted by Gasteiger charge is -2.18. The van der Waals surface area contributed by atoms with Crippen molar-refractivity contribution >= 4 is 40.7 Å². The van der Waals surface area contributed by atoms with Gasteiger partial charge in [-0.1, -0.05) is 34.8 Å². The standard InChI is InChI=1S/C15H11Cl3FNO/c1-20(8-9-4-11(17)6-12(18)5-9)15(21)13-7-10(16)2-3-14(13)19/h2-7H,8H2,1H3. The third-order valence-electron chi connectivity index (χ3n) is 2.85. The largest absolute Gasteiger partial charge is 0.337 e. The quantitative estimate of drug-likeness (QED) is 0.761. The molecule has 0 aliphatic carbocycles. The number of amides is 1. The molecule has 0 spiro atoms. The Morgan fingerprint density at radius 1 is 1.05 bits per heavy atom. The molecule has 0 heterocycles. The molecule has 21 heavy (non-hydrogen) atoms. The predicted octanol–water partition coefficient (Wildman–Crippen LogP) is 5.06. The van der Waals surface area contributed by atoms with Crippen LogP contribution in [0, 0.1) is 5.82 Å². The number of hydrogen-bond donors (Lipinski definition) is 0. The van der Waals surface area contributed by atoms with Crippen molar-refractivity contribution in [2.24, 2.45) is 0 Å². The Morgan fingerprint density at radius 3 is 2.29 bits per heavy atom. The van der Waals surface area contributed by atoms with Crippen molar-refractivity contribution in [2.45, 2.75) is 6.54 Å². The molecule has 110 valence electrons. The van der Waals surface area contributed by atoms with E-state index in [1.165, 1.54) is 23.1 Å². The summed E-state index contributed by atoms with van der Waals surface area (Å²) in [5, 5.41) is 1.26. The molecule has 0 atom stereocenters. The van der Waals surface area contributed by atoms with Crippen LogP contribution in [-0.2, 0) is 6.54 Å². The van der Waals surface area contributed by atoms with Crippen LogP contribution in [0.2, 0.25) is 15.1 Å². The maximum absolute atomic E-state index is 13.7. The van der Waals surface area contributed by atoms with E-state index in [1.54, 1.807) is 25.2 Å². The smallest absolute Gasteiger partial charge is 0.256 e. The van der Waals surface area contributed by atoms with Gasteiger partial charge >= 0.3 is 0 Å². The van der Waals surface area contributed by atoms with Crippen molar-refractivity contribution in [3.63, 3.8) is 0 Å². The second kappa shape index (κ2) is 6.65. The van der Waals surface area contributed by atoms with Crippen LogP contribution in [-0.4, -0.2) is 17.9 Å². The van der Waals surface area contributed by atoms with Crippen molar-refractivity contribution in [2.75, 3.05) is 7.05 Å². The number of hydrogen-bond acceptors (Lipinski definition) is 1. The van der Waals surface area contributed by atoms with E-state index in [4.69, 9.17) is 34.8 Å². The van der Waals surface area contributed by atoms with E-state index in [0.717, 1.165) is 5.56 Å². The van der Waals surface area contributed by atoms with Gasteiger partial charge in [-0.2, -0.15) is 0 Å². The fourth-order valence-corrected chi connectivity index (χ4v) is 2.66. The van der Waals surface area contributed by atoms with Crippen LogP contribution in [0.15, 0.2) is 36.4 Å². The molecule has 2 rings (SSSR count). The number of nitrogens with zero attached hydrogens (tertiary/aromatic N) is 1. The Morgan fingerprint density at radius 2 is 1.67 bits per heavy atom. The summed E-state index contributed by atoms with van der Waals surface area (Å²) in [7, 11) is 1.57. The van der Waals surface area contributed by atoms with Gasteiger partial charge in [-0.3, -0.25) is 4.79 Å².